The number of hydrogen-bond acceptors (Lipinski definition) is 1. The summed E-state index contributed by atoms with van der Waals surface area (Å²) < 4.78 is 0. The maximum atomic E-state index is 8.89. The summed E-state index contributed by atoms with van der Waals surface area (Å²) in [4.78, 5) is 0. The minimum atomic E-state index is 0.446. The smallest absolute Gasteiger partial charge is 0.0462 e. The monoisotopic (exact) mass is 220 g/mol. The van der Waals surface area contributed by atoms with Gasteiger partial charge in [0.2, 0.25) is 0 Å². The molecule has 0 aromatic heterocycles. The second-order valence-electron chi connectivity index (χ2n) is 6.34. The molecule has 16 heavy (non-hydrogen) atoms. The van der Waals surface area contributed by atoms with Gasteiger partial charge in [0.1, 0.15) is 0 Å². The molecule has 1 N–H and O–H groups in total. The van der Waals surface area contributed by atoms with Gasteiger partial charge in [-0.15, -0.1) is 0 Å². The average molecular weight is 220 g/mol. The molecule has 4 aliphatic rings. The van der Waals surface area contributed by atoms with Crippen molar-refractivity contribution in [1.29, 1.82) is 0 Å². The van der Waals surface area contributed by atoms with Crippen molar-refractivity contribution in [2.24, 2.45) is 29.6 Å². The Hall–Kier alpha value is -0.300. The summed E-state index contributed by atoms with van der Waals surface area (Å²) in [5, 5.41) is 8.89. The predicted octanol–water partition coefficient (Wildman–Crippen LogP) is 3.39. The van der Waals surface area contributed by atoms with E-state index in [2.05, 4.69) is 12.2 Å². The van der Waals surface area contributed by atoms with Crippen LogP contribution in [0.4, 0.5) is 0 Å². The predicted molar refractivity (Wildman–Crippen MR) is 66.0 cm³/mol. The molecule has 0 aliphatic heterocycles. The fraction of sp³-hybridized carbons (Fsp3) is 0.867. The van der Waals surface area contributed by atoms with Gasteiger partial charge in [0.25, 0.3) is 0 Å². The Balaban J connectivity index is 0.000000104. The third-order valence-electron chi connectivity index (χ3n) is 5.29. The summed E-state index contributed by atoms with van der Waals surface area (Å²) in [6.45, 7) is 0.446. The van der Waals surface area contributed by atoms with Gasteiger partial charge in [0.05, 0.1) is 0 Å². The van der Waals surface area contributed by atoms with Crippen LogP contribution in [0.3, 0.4) is 0 Å². The number of hydrogen-bond donors (Lipinski definition) is 1. The van der Waals surface area contributed by atoms with Gasteiger partial charge in [0, 0.05) is 6.61 Å². The molecule has 4 aliphatic carbocycles. The van der Waals surface area contributed by atoms with Crippen LogP contribution in [-0.4, -0.2) is 11.7 Å². The number of allylic oxidation sites excluding steroid dienone is 2. The Kier molecular flexibility index (Phi) is 3.06. The van der Waals surface area contributed by atoms with E-state index in [1.807, 2.05) is 0 Å². The van der Waals surface area contributed by atoms with Crippen molar-refractivity contribution in [1.82, 2.24) is 0 Å². The van der Waals surface area contributed by atoms with Crippen molar-refractivity contribution in [3.05, 3.63) is 12.2 Å². The van der Waals surface area contributed by atoms with E-state index in [1.54, 1.807) is 0 Å². The van der Waals surface area contributed by atoms with Crippen molar-refractivity contribution in [3.8, 4) is 0 Å². The van der Waals surface area contributed by atoms with Crippen LogP contribution in [0.1, 0.15) is 44.9 Å². The average Bonchev–Trinajstić information content (AvgIpc) is 3.09. The van der Waals surface area contributed by atoms with Crippen molar-refractivity contribution in [2.75, 3.05) is 6.61 Å². The van der Waals surface area contributed by atoms with E-state index in [4.69, 9.17) is 5.11 Å². The Morgan fingerprint density at radius 2 is 1.62 bits per heavy atom. The maximum absolute atomic E-state index is 8.89. The maximum Gasteiger partial charge on any atom is 0.0462 e. The Labute approximate surface area is 98.9 Å². The minimum Gasteiger partial charge on any atom is -0.396 e. The van der Waals surface area contributed by atoms with E-state index >= 15 is 0 Å². The summed E-state index contributed by atoms with van der Waals surface area (Å²) in [5.74, 6) is 4.56. The van der Waals surface area contributed by atoms with E-state index in [0.717, 1.165) is 23.7 Å². The lowest BCUT2D eigenvalue weighted by atomic mass is 9.90. The molecule has 5 atom stereocenters. The molecular formula is C15H24O. The first-order valence-corrected chi connectivity index (χ1v) is 7.14. The van der Waals surface area contributed by atoms with Crippen LogP contribution < -0.4 is 0 Å². The second-order valence-corrected chi connectivity index (χ2v) is 6.34. The summed E-state index contributed by atoms with van der Waals surface area (Å²) >= 11 is 0. The number of fused-ring (bicyclic) bond motifs is 4. The quantitative estimate of drug-likeness (QED) is 0.672. The Morgan fingerprint density at radius 3 is 1.88 bits per heavy atom. The molecule has 1 nitrogen and oxygen atoms in total. The highest BCUT2D eigenvalue weighted by atomic mass is 16.3. The molecule has 0 aromatic carbocycles. The third kappa shape index (κ3) is 2.07. The van der Waals surface area contributed by atoms with E-state index in [1.165, 1.54) is 44.9 Å². The normalized spacial score (nSPS) is 47.2. The zero-order valence-electron chi connectivity index (χ0n) is 10.1. The molecule has 0 heterocycles. The molecule has 0 aromatic rings. The molecule has 0 amide bonds. The van der Waals surface area contributed by atoms with Crippen molar-refractivity contribution < 1.29 is 5.11 Å². The number of aliphatic hydroxyl groups is 1. The molecular weight excluding hydrogens is 196 g/mol. The molecule has 3 fully saturated rings. The molecule has 1 heteroatoms. The van der Waals surface area contributed by atoms with Crippen LogP contribution in [-0.2, 0) is 0 Å². The molecule has 0 radical (unpaired) electrons. The standard InChI is InChI=1S/C8H14O.C7H10/c9-5-8-4-6-1-2-7(8)3-6;1-2-7-4-3-6(1)5-7/h6-9H,1-5H2;1-2,6-7H,3-5H2. The van der Waals surface area contributed by atoms with Crippen molar-refractivity contribution in [3.63, 3.8) is 0 Å². The van der Waals surface area contributed by atoms with Gasteiger partial charge in [-0.25, -0.2) is 0 Å². The summed E-state index contributed by atoms with van der Waals surface area (Å²) in [6, 6.07) is 0. The lowest BCUT2D eigenvalue weighted by Gasteiger charge is -2.18. The topological polar surface area (TPSA) is 20.2 Å². The number of rotatable bonds is 1. The summed E-state index contributed by atoms with van der Waals surface area (Å²) in [6.07, 6.45) is 14.8. The van der Waals surface area contributed by atoms with Gasteiger partial charge < -0.3 is 5.11 Å². The van der Waals surface area contributed by atoms with E-state index in [9.17, 15) is 0 Å². The summed E-state index contributed by atoms with van der Waals surface area (Å²) in [5.41, 5.74) is 0. The van der Waals surface area contributed by atoms with Gasteiger partial charge in [0.15, 0.2) is 0 Å². The Morgan fingerprint density at radius 1 is 0.875 bits per heavy atom. The molecule has 4 bridgehead atoms. The van der Waals surface area contributed by atoms with Gasteiger partial charge in [-0.05, 0) is 68.1 Å². The first-order chi connectivity index (χ1) is 7.85. The molecule has 90 valence electrons. The lowest BCUT2D eigenvalue weighted by Crippen LogP contribution is -2.13. The van der Waals surface area contributed by atoms with Crippen LogP contribution in [0.15, 0.2) is 12.2 Å². The molecule has 4 rings (SSSR count). The zero-order valence-corrected chi connectivity index (χ0v) is 10.1. The van der Waals surface area contributed by atoms with Gasteiger partial charge in [-0.1, -0.05) is 18.6 Å². The van der Waals surface area contributed by atoms with E-state index in [-0.39, 0.29) is 0 Å². The van der Waals surface area contributed by atoms with Crippen LogP contribution >= 0.6 is 0 Å². The zero-order chi connectivity index (χ0) is 11.0. The number of aliphatic hydroxyl groups excluding tert-OH is 1. The van der Waals surface area contributed by atoms with Crippen LogP contribution in [0, 0.1) is 29.6 Å². The van der Waals surface area contributed by atoms with Gasteiger partial charge in [-0.3, -0.25) is 0 Å². The van der Waals surface area contributed by atoms with Crippen LogP contribution in [0.25, 0.3) is 0 Å². The Bertz CT molecular complexity index is 259. The fourth-order valence-electron chi connectivity index (χ4n) is 4.32. The molecule has 0 spiro atoms. The molecule has 5 unspecified atom stereocenters. The fourth-order valence-corrected chi connectivity index (χ4v) is 4.32. The lowest BCUT2D eigenvalue weighted by molar-refractivity contribution is 0.177. The largest absolute Gasteiger partial charge is 0.396 e. The van der Waals surface area contributed by atoms with Crippen molar-refractivity contribution >= 4 is 0 Å². The molecule has 3 saturated carbocycles. The molecule has 0 saturated heterocycles. The highest BCUT2D eigenvalue weighted by molar-refractivity contribution is 5.06. The third-order valence-corrected chi connectivity index (χ3v) is 5.29. The van der Waals surface area contributed by atoms with Crippen LogP contribution in [0.2, 0.25) is 0 Å². The van der Waals surface area contributed by atoms with E-state index < -0.39 is 0 Å². The second kappa shape index (κ2) is 4.52. The minimum absolute atomic E-state index is 0.446. The first-order valence-electron chi connectivity index (χ1n) is 7.14. The SMILES string of the molecule is C1=CC2CCC1C2.OCC1CC2CCC1C2. The van der Waals surface area contributed by atoms with Gasteiger partial charge in [-0.2, -0.15) is 0 Å². The summed E-state index contributed by atoms with van der Waals surface area (Å²) in [7, 11) is 0. The van der Waals surface area contributed by atoms with E-state index in [0.29, 0.717) is 12.5 Å². The van der Waals surface area contributed by atoms with Gasteiger partial charge >= 0.3 is 0 Å². The first kappa shape index (κ1) is 10.8. The van der Waals surface area contributed by atoms with Crippen LogP contribution in [0.5, 0.6) is 0 Å². The van der Waals surface area contributed by atoms with Crippen molar-refractivity contribution in [2.45, 2.75) is 44.9 Å². The highest BCUT2D eigenvalue weighted by Gasteiger charge is 2.38. The highest BCUT2D eigenvalue weighted by Crippen LogP contribution is 2.47.